The van der Waals surface area contributed by atoms with Crippen LogP contribution in [0.1, 0.15) is 37.5 Å². The molecule has 0 atom stereocenters. The van der Waals surface area contributed by atoms with Crippen LogP contribution < -0.4 is 4.57 Å². The molecule has 0 bridgehead atoms. The zero-order chi connectivity index (χ0) is 22.6. The molecule has 5 aromatic rings. The number of aryl methyl sites for hydroxylation is 3. The SMILES string of the molecule is Cc1ccc(-n2c3ccccc3c3cccc(C)c32)cc1-c1cc(C(C)(C)C)cc[n+]1C. The monoisotopic (exact) mass is 419 g/mol. The summed E-state index contributed by atoms with van der Waals surface area (Å²) in [6.45, 7) is 11.2. The van der Waals surface area contributed by atoms with Gasteiger partial charge in [-0.15, -0.1) is 0 Å². The van der Waals surface area contributed by atoms with E-state index in [4.69, 9.17) is 0 Å². The van der Waals surface area contributed by atoms with Crippen molar-refractivity contribution in [3.05, 3.63) is 95.7 Å². The normalized spacial score (nSPS) is 12.1. The van der Waals surface area contributed by atoms with Crippen molar-refractivity contribution in [2.75, 3.05) is 0 Å². The average Bonchev–Trinajstić information content (AvgIpc) is 3.10. The van der Waals surface area contributed by atoms with Gasteiger partial charge in [0.05, 0.1) is 16.6 Å². The minimum absolute atomic E-state index is 0.110. The van der Waals surface area contributed by atoms with Crippen molar-refractivity contribution in [1.82, 2.24) is 4.57 Å². The molecule has 0 aliphatic rings. The van der Waals surface area contributed by atoms with Gasteiger partial charge < -0.3 is 4.57 Å². The van der Waals surface area contributed by atoms with Crippen LogP contribution in [0.4, 0.5) is 0 Å². The molecule has 0 radical (unpaired) electrons. The maximum atomic E-state index is 2.43. The Morgan fingerprint density at radius 1 is 0.750 bits per heavy atom. The minimum atomic E-state index is 0.110. The number of benzene rings is 3. The van der Waals surface area contributed by atoms with E-state index < -0.39 is 0 Å². The largest absolute Gasteiger partial charge is 0.309 e. The van der Waals surface area contributed by atoms with Gasteiger partial charge in [-0.3, -0.25) is 0 Å². The first-order valence-electron chi connectivity index (χ1n) is 11.4. The van der Waals surface area contributed by atoms with Crippen molar-refractivity contribution in [2.24, 2.45) is 7.05 Å². The lowest BCUT2D eigenvalue weighted by atomic mass is 9.86. The second-order valence-corrected chi connectivity index (χ2v) is 9.98. The first kappa shape index (κ1) is 20.5. The third-order valence-corrected chi connectivity index (χ3v) is 6.67. The van der Waals surface area contributed by atoms with Crippen molar-refractivity contribution >= 4 is 21.8 Å². The van der Waals surface area contributed by atoms with E-state index in [1.54, 1.807) is 0 Å². The number of pyridine rings is 1. The van der Waals surface area contributed by atoms with Crippen LogP contribution in [0.5, 0.6) is 0 Å². The standard InChI is InChI=1S/C30H31N2/c1-20-14-15-23(19-26(20)28-18-22(30(3,4)5)16-17-31(28)6)32-27-13-8-7-11-24(27)25-12-9-10-21(2)29(25)32/h7-19H,1-6H3/q+1. The maximum absolute atomic E-state index is 2.43. The van der Waals surface area contributed by atoms with Gasteiger partial charge in [0, 0.05) is 28.6 Å². The van der Waals surface area contributed by atoms with E-state index >= 15 is 0 Å². The molecule has 0 unspecified atom stereocenters. The number of aromatic nitrogens is 2. The molecule has 2 heteroatoms. The Balaban J connectivity index is 1.81. The van der Waals surface area contributed by atoms with Gasteiger partial charge in [0.1, 0.15) is 7.05 Å². The van der Waals surface area contributed by atoms with Crippen molar-refractivity contribution in [3.8, 4) is 16.9 Å². The van der Waals surface area contributed by atoms with E-state index in [1.807, 2.05) is 0 Å². The molecule has 5 rings (SSSR count). The molecule has 32 heavy (non-hydrogen) atoms. The number of para-hydroxylation sites is 2. The van der Waals surface area contributed by atoms with Gasteiger partial charge in [0.25, 0.3) is 0 Å². The van der Waals surface area contributed by atoms with E-state index in [2.05, 4.69) is 130 Å². The Bertz CT molecular complexity index is 1480. The molecule has 2 heterocycles. The second-order valence-electron chi connectivity index (χ2n) is 9.98. The van der Waals surface area contributed by atoms with Crippen LogP contribution >= 0.6 is 0 Å². The molecular weight excluding hydrogens is 388 g/mol. The summed E-state index contributed by atoms with van der Waals surface area (Å²) in [7, 11) is 2.14. The molecule has 0 N–H and O–H groups in total. The number of nitrogens with zero attached hydrogens (tertiary/aromatic N) is 2. The van der Waals surface area contributed by atoms with Gasteiger partial charge in [-0.1, -0.05) is 63.2 Å². The summed E-state index contributed by atoms with van der Waals surface area (Å²) in [5.74, 6) is 0. The number of rotatable bonds is 2. The highest BCUT2D eigenvalue weighted by Crippen LogP contribution is 2.35. The Morgan fingerprint density at radius 3 is 2.28 bits per heavy atom. The summed E-state index contributed by atoms with van der Waals surface area (Å²) in [5.41, 5.74) is 10.3. The first-order valence-corrected chi connectivity index (χ1v) is 11.4. The van der Waals surface area contributed by atoms with Crippen molar-refractivity contribution in [3.63, 3.8) is 0 Å². The van der Waals surface area contributed by atoms with E-state index in [1.165, 1.54) is 55.4 Å². The zero-order valence-electron chi connectivity index (χ0n) is 19.9. The quantitative estimate of drug-likeness (QED) is 0.268. The zero-order valence-corrected chi connectivity index (χ0v) is 19.9. The van der Waals surface area contributed by atoms with Crippen molar-refractivity contribution < 1.29 is 4.57 Å². The molecule has 0 amide bonds. The molecule has 0 spiro atoms. The van der Waals surface area contributed by atoms with E-state index in [9.17, 15) is 0 Å². The molecule has 0 saturated heterocycles. The van der Waals surface area contributed by atoms with E-state index in [-0.39, 0.29) is 5.41 Å². The number of hydrogen-bond donors (Lipinski definition) is 0. The fourth-order valence-corrected chi connectivity index (χ4v) is 4.79. The number of fused-ring (bicyclic) bond motifs is 3. The van der Waals surface area contributed by atoms with Gasteiger partial charge in [0.15, 0.2) is 6.20 Å². The van der Waals surface area contributed by atoms with Crippen molar-refractivity contribution in [2.45, 2.75) is 40.0 Å². The molecular formula is C30H31N2+. The highest BCUT2D eigenvalue weighted by atomic mass is 15.0. The van der Waals surface area contributed by atoms with Gasteiger partial charge in [-0.05, 0) is 54.2 Å². The van der Waals surface area contributed by atoms with E-state index in [0.717, 1.165) is 0 Å². The summed E-state index contributed by atoms with van der Waals surface area (Å²) in [4.78, 5) is 0. The molecule has 2 aromatic heterocycles. The summed E-state index contributed by atoms with van der Waals surface area (Å²) in [5, 5.41) is 2.61. The molecule has 160 valence electrons. The Labute approximate surface area is 190 Å². The Hall–Kier alpha value is -3.39. The van der Waals surface area contributed by atoms with Crippen molar-refractivity contribution in [1.29, 1.82) is 0 Å². The third kappa shape index (κ3) is 3.22. The highest BCUT2D eigenvalue weighted by Gasteiger charge is 2.21. The van der Waals surface area contributed by atoms with Crippen LogP contribution in [0.15, 0.2) is 79.0 Å². The van der Waals surface area contributed by atoms with Gasteiger partial charge >= 0.3 is 0 Å². The highest BCUT2D eigenvalue weighted by molar-refractivity contribution is 6.10. The van der Waals surface area contributed by atoms with Crippen LogP contribution in [0.2, 0.25) is 0 Å². The molecule has 0 saturated carbocycles. The van der Waals surface area contributed by atoms with Crippen LogP contribution in [-0.4, -0.2) is 4.57 Å². The van der Waals surface area contributed by atoms with Gasteiger partial charge in [-0.25, -0.2) is 4.57 Å². The van der Waals surface area contributed by atoms with Gasteiger partial charge in [-0.2, -0.15) is 0 Å². The van der Waals surface area contributed by atoms with E-state index in [0.29, 0.717) is 0 Å². The lowest BCUT2D eigenvalue weighted by Crippen LogP contribution is -2.32. The minimum Gasteiger partial charge on any atom is -0.309 e. The predicted molar refractivity (Wildman–Crippen MR) is 136 cm³/mol. The number of hydrogen-bond acceptors (Lipinski definition) is 0. The van der Waals surface area contributed by atoms with Crippen LogP contribution in [0, 0.1) is 13.8 Å². The third-order valence-electron chi connectivity index (χ3n) is 6.67. The summed E-state index contributed by atoms with van der Waals surface area (Å²) >= 11 is 0. The topological polar surface area (TPSA) is 8.81 Å². The molecule has 2 nitrogen and oxygen atoms in total. The molecule has 0 aliphatic heterocycles. The average molecular weight is 420 g/mol. The second kappa shape index (κ2) is 7.34. The summed E-state index contributed by atoms with van der Waals surface area (Å²) < 4.78 is 4.66. The Kier molecular flexibility index (Phi) is 4.70. The first-order chi connectivity index (χ1) is 15.3. The fourth-order valence-electron chi connectivity index (χ4n) is 4.79. The molecule has 3 aromatic carbocycles. The Morgan fingerprint density at radius 2 is 1.50 bits per heavy atom. The van der Waals surface area contributed by atoms with Crippen LogP contribution in [-0.2, 0) is 12.5 Å². The predicted octanol–water partition coefficient (Wildman–Crippen LogP) is 7.19. The van der Waals surface area contributed by atoms with Crippen LogP contribution in [0.3, 0.4) is 0 Å². The molecule has 0 fully saturated rings. The summed E-state index contributed by atoms with van der Waals surface area (Å²) in [6.07, 6.45) is 2.19. The van der Waals surface area contributed by atoms with Gasteiger partial charge in [0.2, 0.25) is 5.69 Å². The lowest BCUT2D eigenvalue weighted by molar-refractivity contribution is -0.660. The van der Waals surface area contributed by atoms with Crippen LogP contribution in [0.25, 0.3) is 38.8 Å². The lowest BCUT2D eigenvalue weighted by Gasteiger charge is -2.19. The summed E-state index contributed by atoms with van der Waals surface area (Å²) in [6, 6.07) is 26.8. The smallest absolute Gasteiger partial charge is 0.212 e. The fraction of sp³-hybridized carbons (Fsp3) is 0.233. The maximum Gasteiger partial charge on any atom is 0.212 e. The molecule has 0 aliphatic carbocycles.